The van der Waals surface area contributed by atoms with Crippen LogP contribution in [0.3, 0.4) is 0 Å². The number of halogens is 1. The zero-order valence-corrected chi connectivity index (χ0v) is 10.8. The Morgan fingerprint density at radius 3 is 2.94 bits per heavy atom. The van der Waals surface area contributed by atoms with Gasteiger partial charge in [-0.25, -0.2) is 0 Å². The summed E-state index contributed by atoms with van der Waals surface area (Å²) in [5.74, 6) is -0.722. The van der Waals surface area contributed by atoms with Gasteiger partial charge in [0.05, 0.1) is 7.11 Å². The molecule has 18 heavy (non-hydrogen) atoms. The Morgan fingerprint density at radius 1 is 1.61 bits per heavy atom. The Labute approximate surface area is 110 Å². The fraction of sp³-hybridized carbons (Fsp3) is 0.286. The summed E-state index contributed by atoms with van der Waals surface area (Å²) in [6, 6.07) is 5.04. The van der Waals surface area contributed by atoms with Crippen molar-refractivity contribution in [2.45, 2.75) is 12.8 Å². The number of rotatable bonds is 3. The molecule has 0 radical (unpaired) electrons. The molecule has 0 fully saturated rings. The van der Waals surface area contributed by atoms with Gasteiger partial charge in [0.25, 0.3) is 0 Å². The first-order valence-corrected chi connectivity index (χ1v) is 5.95. The SMILES string of the molecule is C=CCC1(C(=O)OC)Cc2cc(Cl)ccc2C1=O. The van der Waals surface area contributed by atoms with Crippen molar-refractivity contribution in [3.63, 3.8) is 0 Å². The average molecular weight is 265 g/mol. The van der Waals surface area contributed by atoms with E-state index in [4.69, 9.17) is 16.3 Å². The van der Waals surface area contributed by atoms with Gasteiger partial charge < -0.3 is 4.74 Å². The third kappa shape index (κ3) is 1.75. The normalized spacial score (nSPS) is 21.6. The van der Waals surface area contributed by atoms with E-state index in [1.165, 1.54) is 7.11 Å². The molecule has 0 spiro atoms. The molecule has 1 aliphatic carbocycles. The standard InChI is InChI=1S/C14H13ClO3/c1-3-6-14(13(17)18-2)8-9-7-10(15)4-5-11(9)12(14)16/h3-5,7H,1,6,8H2,2H3. The van der Waals surface area contributed by atoms with E-state index in [2.05, 4.69) is 6.58 Å². The molecule has 1 aliphatic rings. The van der Waals surface area contributed by atoms with Crippen molar-refractivity contribution in [1.82, 2.24) is 0 Å². The minimum Gasteiger partial charge on any atom is -0.468 e. The van der Waals surface area contributed by atoms with Gasteiger partial charge in [0, 0.05) is 10.6 Å². The second kappa shape index (κ2) is 4.58. The van der Waals surface area contributed by atoms with Crippen LogP contribution in [-0.4, -0.2) is 18.9 Å². The Bertz CT molecular complexity index is 536. The van der Waals surface area contributed by atoms with Crippen LogP contribution in [0.2, 0.25) is 5.02 Å². The number of hydrogen-bond donors (Lipinski definition) is 0. The molecule has 1 aromatic carbocycles. The number of fused-ring (bicyclic) bond motifs is 1. The van der Waals surface area contributed by atoms with Crippen molar-refractivity contribution in [1.29, 1.82) is 0 Å². The molecule has 0 aromatic heterocycles. The Kier molecular flexibility index (Phi) is 3.26. The number of ether oxygens (including phenoxy) is 1. The third-order valence-corrected chi connectivity index (χ3v) is 3.54. The molecule has 94 valence electrons. The molecule has 3 nitrogen and oxygen atoms in total. The first-order chi connectivity index (χ1) is 8.55. The maximum Gasteiger partial charge on any atom is 0.320 e. The summed E-state index contributed by atoms with van der Waals surface area (Å²) in [7, 11) is 1.29. The van der Waals surface area contributed by atoms with E-state index >= 15 is 0 Å². The van der Waals surface area contributed by atoms with E-state index < -0.39 is 11.4 Å². The number of Topliss-reactive ketones (excluding diaryl/α,β-unsaturated/α-hetero) is 1. The Morgan fingerprint density at radius 2 is 2.33 bits per heavy atom. The zero-order valence-electron chi connectivity index (χ0n) is 10.0. The number of hydrogen-bond acceptors (Lipinski definition) is 3. The fourth-order valence-corrected chi connectivity index (χ4v) is 2.64. The van der Waals surface area contributed by atoms with Crippen LogP contribution in [0.5, 0.6) is 0 Å². The first-order valence-electron chi connectivity index (χ1n) is 5.57. The highest BCUT2D eigenvalue weighted by Crippen LogP contribution is 2.41. The number of allylic oxidation sites excluding steroid dienone is 1. The molecule has 1 atom stereocenters. The summed E-state index contributed by atoms with van der Waals surface area (Å²) in [6.45, 7) is 3.61. The molecule has 2 rings (SSSR count). The number of carbonyl (C=O) groups is 2. The lowest BCUT2D eigenvalue weighted by Crippen LogP contribution is -2.37. The van der Waals surface area contributed by atoms with Gasteiger partial charge in [0.2, 0.25) is 0 Å². The van der Waals surface area contributed by atoms with Crippen LogP contribution in [-0.2, 0) is 16.0 Å². The minimum absolute atomic E-state index is 0.207. The van der Waals surface area contributed by atoms with E-state index in [-0.39, 0.29) is 12.2 Å². The molecular weight excluding hydrogens is 252 g/mol. The highest BCUT2D eigenvalue weighted by molar-refractivity contribution is 6.31. The van der Waals surface area contributed by atoms with Crippen LogP contribution in [0, 0.1) is 5.41 Å². The highest BCUT2D eigenvalue weighted by atomic mass is 35.5. The summed E-state index contributed by atoms with van der Waals surface area (Å²) < 4.78 is 4.78. The number of benzene rings is 1. The van der Waals surface area contributed by atoms with E-state index in [0.29, 0.717) is 17.0 Å². The van der Waals surface area contributed by atoms with Gasteiger partial charge in [-0.1, -0.05) is 17.7 Å². The predicted molar refractivity (Wildman–Crippen MR) is 68.7 cm³/mol. The van der Waals surface area contributed by atoms with Crippen LogP contribution < -0.4 is 0 Å². The van der Waals surface area contributed by atoms with Gasteiger partial charge in [-0.2, -0.15) is 0 Å². The van der Waals surface area contributed by atoms with Crippen molar-refractivity contribution >= 4 is 23.4 Å². The van der Waals surface area contributed by atoms with Crippen molar-refractivity contribution < 1.29 is 14.3 Å². The molecule has 0 aliphatic heterocycles. The van der Waals surface area contributed by atoms with E-state index in [1.807, 2.05) is 0 Å². The van der Waals surface area contributed by atoms with Crippen molar-refractivity contribution in [2.75, 3.05) is 7.11 Å². The highest BCUT2D eigenvalue weighted by Gasteiger charge is 2.51. The number of carbonyl (C=O) groups excluding carboxylic acids is 2. The predicted octanol–water partition coefficient (Wildman–Crippen LogP) is 2.81. The molecule has 0 saturated heterocycles. The van der Waals surface area contributed by atoms with Gasteiger partial charge in [0.1, 0.15) is 5.41 Å². The monoisotopic (exact) mass is 264 g/mol. The van der Waals surface area contributed by atoms with Crippen LogP contribution in [0.25, 0.3) is 0 Å². The van der Waals surface area contributed by atoms with E-state index in [0.717, 1.165) is 5.56 Å². The molecule has 4 heteroatoms. The quantitative estimate of drug-likeness (QED) is 0.479. The summed E-state index contributed by atoms with van der Waals surface area (Å²) in [4.78, 5) is 24.4. The average Bonchev–Trinajstić information content (AvgIpc) is 2.62. The smallest absolute Gasteiger partial charge is 0.320 e. The van der Waals surface area contributed by atoms with Gasteiger partial charge >= 0.3 is 5.97 Å². The van der Waals surface area contributed by atoms with Crippen molar-refractivity contribution in [2.24, 2.45) is 5.41 Å². The number of ketones is 1. The molecule has 0 heterocycles. The second-order valence-electron chi connectivity index (χ2n) is 4.37. The maximum absolute atomic E-state index is 12.4. The second-order valence-corrected chi connectivity index (χ2v) is 4.81. The fourth-order valence-electron chi connectivity index (χ4n) is 2.45. The molecule has 1 unspecified atom stereocenters. The van der Waals surface area contributed by atoms with Gasteiger partial charge in [0.15, 0.2) is 5.78 Å². The van der Waals surface area contributed by atoms with Gasteiger partial charge in [-0.15, -0.1) is 6.58 Å². The number of esters is 1. The van der Waals surface area contributed by atoms with Crippen molar-refractivity contribution in [3.05, 3.63) is 47.0 Å². The van der Waals surface area contributed by atoms with E-state index in [1.54, 1.807) is 24.3 Å². The topological polar surface area (TPSA) is 43.4 Å². The van der Waals surface area contributed by atoms with Crippen LogP contribution in [0.15, 0.2) is 30.9 Å². The largest absolute Gasteiger partial charge is 0.468 e. The van der Waals surface area contributed by atoms with Crippen LogP contribution >= 0.6 is 11.6 Å². The molecular formula is C14H13ClO3. The van der Waals surface area contributed by atoms with Crippen LogP contribution in [0.1, 0.15) is 22.3 Å². The molecule has 1 aromatic rings. The Balaban J connectivity index is 2.52. The first kappa shape index (κ1) is 12.8. The molecule has 0 bridgehead atoms. The van der Waals surface area contributed by atoms with Gasteiger partial charge in [-0.05, 0) is 36.6 Å². The third-order valence-electron chi connectivity index (χ3n) is 3.31. The van der Waals surface area contributed by atoms with E-state index in [9.17, 15) is 9.59 Å². The minimum atomic E-state index is -1.16. The number of methoxy groups -OCH3 is 1. The summed E-state index contributed by atoms with van der Waals surface area (Å²) >= 11 is 5.91. The maximum atomic E-state index is 12.4. The summed E-state index contributed by atoms with van der Waals surface area (Å²) in [5.41, 5.74) is 0.176. The van der Waals surface area contributed by atoms with Crippen LogP contribution in [0.4, 0.5) is 0 Å². The van der Waals surface area contributed by atoms with Crippen molar-refractivity contribution in [3.8, 4) is 0 Å². The lowest BCUT2D eigenvalue weighted by Gasteiger charge is -2.22. The molecule has 0 N–H and O–H groups in total. The lowest BCUT2D eigenvalue weighted by atomic mass is 9.80. The molecule has 0 amide bonds. The zero-order chi connectivity index (χ0) is 13.3. The lowest BCUT2D eigenvalue weighted by molar-refractivity contribution is -0.149. The summed E-state index contributed by atoms with van der Waals surface area (Å²) in [6.07, 6.45) is 2.16. The Hall–Kier alpha value is -1.61. The van der Waals surface area contributed by atoms with Gasteiger partial charge in [-0.3, -0.25) is 9.59 Å². The summed E-state index contributed by atoms with van der Waals surface area (Å²) in [5, 5.41) is 0.556. The molecule has 0 saturated carbocycles.